The Morgan fingerprint density at radius 3 is 2.44 bits per heavy atom. The van der Waals surface area contributed by atoms with Crippen molar-refractivity contribution in [3.63, 3.8) is 0 Å². The third-order valence-corrected chi connectivity index (χ3v) is 8.08. The Balaban J connectivity index is 1.35. The van der Waals surface area contributed by atoms with Crippen LogP contribution < -0.4 is 10.6 Å². The lowest BCUT2D eigenvalue weighted by Gasteiger charge is -2.35. The first-order valence-electron chi connectivity index (χ1n) is 14.7. The summed E-state index contributed by atoms with van der Waals surface area (Å²) in [7, 11) is 0. The molecule has 1 saturated carbocycles. The van der Waals surface area contributed by atoms with Crippen molar-refractivity contribution < 1.29 is 33.1 Å². The number of nitrogens with zero attached hydrogens (tertiary/aromatic N) is 1. The molecule has 1 aliphatic carbocycles. The quantitative estimate of drug-likeness (QED) is 0.421. The van der Waals surface area contributed by atoms with Crippen LogP contribution in [0.2, 0.25) is 0 Å². The molecule has 3 atom stereocenters. The number of fused-ring (bicyclic) bond motifs is 1. The molecule has 0 bridgehead atoms. The molecule has 1 saturated heterocycles. The van der Waals surface area contributed by atoms with E-state index in [2.05, 4.69) is 10.6 Å². The Bertz CT molecular complexity index is 1270. The Kier molecular flexibility index (Phi) is 9.29. The van der Waals surface area contributed by atoms with Crippen LogP contribution in [0.3, 0.4) is 0 Å². The third-order valence-electron chi connectivity index (χ3n) is 8.08. The molecule has 3 amide bonds. The molecule has 0 radical (unpaired) electrons. The van der Waals surface area contributed by atoms with Crippen molar-refractivity contribution in [2.75, 3.05) is 18.5 Å². The van der Waals surface area contributed by atoms with Gasteiger partial charge in [-0.2, -0.15) is 0 Å². The minimum Gasteiger partial charge on any atom is -0.460 e. The zero-order valence-corrected chi connectivity index (χ0v) is 25.0. The maximum atomic E-state index is 13.6. The van der Waals surface area contributed by atoms with Crippen molar-refractivity contribution in [2.24, 2.45) is 17.8 Å². The molecule has 1 aromatic heterocycles. The Morgan fingerprint density at radius 1 is 1.07 bits per heavy atom. The highest BCUT2D eigenvalue weighted by Crippen LogP contribution is 2.35. The van der Waals surface area contributed by atoms with E-state index in [0.29, 0.717) is 23.2 Å². The van der Waals surface area contributed by atoms with Crippen molar-refractivity contribution in [3.8, 4) is 0 Å². The summed E-state index contributed by atoms with van der Waals surface area (Å²) < 4.78 is 16.0. The molecular weight excluding hydrogens is 526 g/mol. The summed E-state index contributed by atoms with van der Waals surface area (Å²) >= 11 is 0. The first-order chi connectivity index (χ1) is 19.4. The number of carbonyl (C=O) groups is 4. The first kappa shape index (κ1) is 30.4. The fraction of sp³-hybridized carbons (Fsp3) is 0.613. The number of carbonyl (C=O) groups excluding carboxylic acids is 4. The number of alkyl carbamates (subject to hydrolysis) is 1. The van der Waals surface area contributed by atoms with E-state index in [9.17, 15) is 19.2 Å². The molecule has 2 heterocycles. The molecule has 41 heavy (non-hydrogen) atoms. The highest BCUT2D eigenvalue weighted by molar-refractivity contribution is 6.00. The molecule has 2 N–H and O–H groups in total. The number of amides is 3. The van der Waals surface area contributed by atoms with Gasteiger partial charge in [0.25, 0.3) is 0 Å². The second-order valence-electron chi connectivity index (χ2n) is 12.4. The number of hydrogen-bond acceptors (Lipinski definition) is 7. The van der Waals surface area contributed by atoms with E-state index in [0.717, 1.165) is 32.1 Å². The molecule has 224 valence electrons. The smallest absolute Gasteiger partial charge is 0.407 e. The molecule has 1 unspecified atom stereocenters. The molecule has 2 fully saturated rings. The zero-order chi connectivity index (χ0) is 29.9. The number of benzene rings is 1. The zero-order valence-electron chi connectivity index (χ0n) is 25.0. The molecule has 0 spiro atoms. The predicted molar refractivity (Wildman–Crippen MR) is 154 cm³/mol. The maximum absolute atomic E-state index is 13.6. The third kappa shape index (κ3) is 7.40. The lowest BCUT2D eigenvalue weighted by molar-refractivity contribution is -0.142. The number of rotatable bonds is 7. The summed E-state index contributed by atoms with van der Waals surface area (Å²) in [5, 5.41) is 6.58. The van der Waals surface area contributed by atoms with Gasteiger partial charge in [-0.05, 0) is 103 Å². The largest absolute Gasteiger partial charge is 0.460 e. The van der Waals surface area contributed by atoms with Gasteiger partial charge in [0.15, 0.2) is 0 Å². The monoisotopic (exact) mass is 569 g/mol. The lowest BCUT2D eigenvalue weighted by Crippen LogP contribution is -2.48. The van der Waals surface area contributed by atoms with E-state index in [1.807, 2.05) is 34.6 Å². The standard InChI is InChI=1S/C31H43N3O7/c1-7-39-29(37)25-17-22-16-23(12-13-24(22)40-25)33-27(35)26-18(2)14-15-34(26)28(36)21-10-8-20(9-11-21)19(3)32-30(38)41-31(4,5)6/h12-13,16-21,26H,7-11,14-15H2,1-6H3,(H,32,38)(H,33,35)/t18-,19?,20-,21-,26-/m0/s1. The maximum Gasteiger partial charge on any atom is 0.407 e. The van der Waals surface area contributed by atoms with E-state index >= 15 is 0 Å². The Morgan fingerprint density at radius 2 is 1.78 bits per heavy atom. The molecule has 10 heteroatoms. The van der Waals surface area contributed by atoms with E-state index in [1.54, 1.807) is 36.1 Å². The van der Waals surface area contributed by atoms with Crippen LogP contribution >= 0.6 is 0 Å². The number of nitrogens with one attached hydrogen (secondary N) is 2. The van der Waals surface area contributed by atoms with E-state index < -0.39 is 23.7 Å². The molecule has 1 aliphatic heterocycles. The Hall–Kier alpha value is -3.56. The van der Waals surface area contributed by atoms with Gasteiger partial charge >= 0.3 is 12.1 Å². The van der Waals surface area contributed by atoms with Crippen LogP contribution in [-0.4, -0.2) is 59.6 Å². The van der Waals surface area contributed by atoms with E-state index in [4.69, 9.17) is 13.9 Å². The van der Waals surface area contributed by atoms with E-state index in [1.165, 1.54) is 0 Å². The number of likely N-dealkylation sites (tertiary alicyclic amines) is 1. The fourth-order valence-electron chi connectivity index (χ4n) is 5.95. The number of hydrogen-bond donors (Lipinski definition) is 2. The molecule has 4 rings (SSSR count). The molecular formula is C31H43N3O7. The fourth-order valence-corrected chi connectivity index (χ4v) is 5.95. The molecule has 2 aromatic rings. The topological polar surface area (TPSA) is 127 Å². The van der Waals surface area contributed by atoms with Gasteiger partial charge in [0.2, 0.25) is 17.6 Å². The minimum atomic E-state index is -0.553. The van der Waals surface area contributed by atoms with Gasteiger partial charge < -0.3 is 29.4 Å². The summed E-state index contributed by atoms with van der Waals surface area (Å²) in [6, 6.07) is 6.16. The van der Waals surface area contributed by atoms with E-state index in [-0.39, 0.29) is 48.0 Å². The number of furan rings is 1. The van der Waals surface area contributed by atoms with Crippen molar-refractivity contribution in [1.82, 2.24) is 10.2 Å². The molecule has 10 nitrogen and oxygen atoms in total. The normalized spacial score (nSPS) is 23.6. The van der Waals surface area contributed by atoms with Gasteiger partial charge in [0.05, 0.1) is 6.61 Å². The number of anilines is 1. The number of esters is 1. The van der Waals surface area contributed by atoms with Crippen molar-refractivity contribution in [3.05, 3.63) is 30.0 Å². The van der Waals surface area contributed by atoms with Crippen molar-refractivity contribution in [1.29, 1.82) is 0 Å². The molecule has 1 aromatic carbocycles. The second kappa shape index (κ2) is 12.5. The highest BCUT2D eigenvalue weighted by Gasteiger charge is 2.42. The minimum absolute atomic E-state index is 0.0291. The van der Waals surface area contributed by atoms with Crippen LogP contribution in [0.5, 0.6) is 0 Å². The summed E-state index contributed by atoms with van der Waals surface area (Å²) in [5.41, 5.74) is 0.531. The molecule has 2 aliphatic rings. The van der Waals surface area contributed by atoms with Gasteiger partial charge in [-0.3, -0.25) is 9.59 Å². The first-order valence-corrected chi connectivity index (χ1v) is 14.7. The number of ether oxygens (including phenoxy) is 2. The van der Waals surface area contributed by atoms with Crippen LogP contribution in [-0.2, 0) is 19.1 Å². The predicted octanol–water partition coefficient (Wildman–Crippen LogP) is 5.50. The van der Waals surface area contributed by atoms with Gasteiger partial charge in [0.1, 0.15) is 17.2 Å². The second-order valence-corrected chi connectivity index (χ2v) is 12.4. The SMILES string of the molecule is CCOC(=O)c1cc2cc(NC(=O)[C@@H]3[C@@H](C)CCN3C(=O)[C@H]3CC[C@H](C(C)NC(=O)OC(C)(C)C)CC3)ccc2o1. The van der Waals surface area contributed by atoms with Gasteiger partial charge in [-0.15, -0.1) is 0 Å². The van der Waals surface area contributed by atoms with Gasteiger partial charge in [-0.25, -0.2) is 9.59 Å². The van der Waals surface area contributed by atoms with Crippen LogP contribution in [0.15, 0.2) is 28.7 Å². The average Bonchev–Trinajstić information content (AvgIpc) is 3.50. The van der Waals surface area contributed by atoms with Crippen LogP contribution in [0, 0.1) is 17.8 Å². The van der Waals surface area contributed by atoms with Crippen LogP contribution in [0.4, 0.5) is 10.5 Å². The van der Waals surface area contributed by atoms with Gasteiger partial charge in [-0.1, -0.05) is 6.92 Å². The summed E-state index contributed by atoms with van der Waals surface area (Å²) in [6.07, 6.45) is 3.44. The lowest BCUT2D eigenvalue weighted by atomic mass is 9.78. The highest BCUT2D eigenvalue weighted by atomic mass is 16.6. The summed E-state index contributed by atoms with van der Waals surface area (Å²) in [5.74, 6) is -0.455. The van der Waals surface area contributed by atoms with Crippen LogP contribution in [0.1, 0.15) is 84.2 Å². The van der Waals surface area contributed by atoms with Crippen molar-refractivity contribution in [2.45, 2.75) is 91.3 Å². The van der Waals surface area contributed by atoms with Crippen molar-refractivity contribution >= 4 is 40.5 Å². The summed E-state index contributed by atoms with van der Waals surface area (Å²) in [4.78, 5) is 53.0. The summed E-state index contributed by atoms with van der Waals surface area (Å²) in [6.45, 7) is 12.0. The van der Waals surface area contributed by atoms with Crippen LogP contribution in [0.25, 0.3) is 11.0 Å². The Labute approximate surface area is 241 Å². The van der Waals surface area contributed by atoms with Gasteiger partial charge in [0, 0.05) is 29.6 Å². The average molecular weight is 570 g/mol.